The van der Waals surface area contributed by atoms with Crippen molar-refractivity contribution < 1.29 is 4.79 Å². The van der Waals surface area contributed by atoms with Gasteiger partial charge in [-0.05, 0) is 17.9 Å². The first-order chi connectivity index (χ1) is 5.86. The van der Waals surface area contributed by atoms with Crippen molar-refractivity contribution in [3.63, 3.8) is 0 Å². The van der Waals surface area contributed by atoms with Gasteiger partial charge in [-0.3, -0.25) is 4.79 Å². The maximum Gasteiger partial charge on any atom is 0.156 e. The largest absolute Gasteiger partial charge is 0.297 e. The van der Waals surface area contributed by atoms with Crippen LogP contribution in [-0.2, 0) is 4.79 Å². The Kier molecular flexibility index (Phi) is 3.61. The maximum absolute atomic E-state index is 10.5. The number of allylic oxidation sites excluding steroid dienone is 1. The van der Waals surface area contributed by atoms with Crippen molar-refractivity contribution >= 4 is 24.1 Å². The Morgan fingerprint density at radius 2 is 2.00 bits per heavy atom. The summed E-state index contributed by atoms with van der Waals surface area (Å²) in [6, 6.07) is 9.81. The first-order valence-electron chi connectivity index (χ1n) is 3.62. The number of rotatable bonds is 3. The average molecular weight is 178 g/mol. The molecule has 0 fully saturated rings. The summed E-state index contributed by atoms with van der Waals surface area (Å²) in [5.41, 5.74) is 1.06. The van der Waals surface area contributed by atoms with Crippen LogP contribution in [-0.4, -0.2) is 12.5 Å². The summed E-state index contributed by atoms with van der Waals surface area (Å²) in [6.45, 7) is 0. The third-order valence-corrected chi connectivity index (χ3v) is 2.15. The highest BCUT2D eigenvalue weighted by Gasteiger charge is 1.91. The molecule has 0 aromatic heterocycles. The summed E-state index contributed by atoms with van der Waals surface area (Å²) in [4.78, 5) is 11.2. The van der Waals surface area contributed by atoms with Crippen LogP contribution in [0.2, 0.25) is 0 Å². The van der Waals surface area contributed by atoms with Gasteiger partial charge in [0.1, 0.15) is 0 Å². The topological polar surface area (TPSA) is 17.1 Å². The van der Waals surface area contributed by atoms with Crippen molar-refractivity contribution in [2.45, 2.75) is 0 Å². The van der Waals surface area contributed by atoms with E-state index in [2.05, 4.69) is 0 Å². The Hall–Kier alpha value is -1.02. The number of carbonyl (C=O) groups is 1. The standard InChI is InChI=1S/C10H10OS/c1-12-10(8-11)7-9-5-3-2-4-6-9/h2-8H,1H3/b10-7-. The van der Waals surface area contributed by atoms with Crippen LogP contribution in [0.5, 0.6) is 0 Å². The van der Waals surface area contributed by atoms with Gasteiger partial charge in [0, 0.05) is 4.91 Å². The molecule has 1 aromatic carbocycles. The van der Waals surface area contributed by atoms with Gasteiger partial charge >= 0.3 is 0 Å². The molecule has 0 heterocycles. The van der Waals surface area contributed by atoms with Crippen molar-refractivity contribution in [1.82, 2.24) is 0 Å². The number of hydrogen-bond donors (Lipinski definition) is 0. The third kappa shape index (κ3) is 2.55. The molecule has 1 rings (SSSR count). The fourth-order valence-electron chi connectivity index (χ4n) is 0.855. The van der Waals surface area contributed by atoms with Crippen LogP contribution in [0.1, 0.15) is 5.56 Å². The van der Waals surface area contributed by atoms with E-state index in [-0.39, 0.29) is 0 Å². The van der Waals surface area contributed by atoms with Crippen LogP contribution in [0.25, 0.3) is 6.08 Å². The Morgan fingerprint density at radius 1 is 1.33 bits per heavy atom. The van der Waals surface area contributed by atoms with E-state index in [1.54, 1.807) is 0 Å². The molecule has 0 saturated heterocycles. The van der Waals surface area contributed by atoms with E-state index >= 15 is 0 Å². The van der Waals surface area contributed by atoms with Crippen molar-refractivity contribution in [3.8, 4) is 0 Å². The lowest BCUT2D eigenvalue weighted by atomic mass is 10.2. The van der Waals surface area contributed by atoms with Crippen LogP contribution in [0.4, 0.5) is 0 Å². The van der Waals surface area contributed by atoms with E-state index in [9.17, 15) is 4.79 Å². The first-order valence-corrected chi connectivity index (χ1v) is 4.85. The Balaban J connectivity index is 2.86. The van der Waals surface area contributed by atoms with Crippen molar-refractivity contribution in [1.29, 1.82) is 0 Å². The van der Waals surface area contributed by atoms with Gasteiger partial charge in [-0.25, -0.2) is 0 Å². The lowest BCUT2D eigenvalue weighted by Gasteiger charge is -1.93. The molecule has 1 nitrogen and oxygen atoms in total. The number of hydrogen-bond acceptors (Lipinski definition) is 2. The third-order valence-electron chi connectivity index (χ3n) is 1.46. The number of thioether (sulfide) groups is 1. The summed E-state index contributed by atoms with van der Waals surface area (Å²) < 4.78 is 0. The van der Waals surface area contributed by atoms with E-state index in [4.69, 9.17) is 0 Å². The highest BCUT2D eigenvalue weighted by Crippen LogP contribution is 2.13. The minimum atomic E-state index is 0.751. The van der Waals surface area contributed by atoms with Crippen molar-refractivity contribution in [2.75, 3.05) is 6.26 Å². The van der Waals surface area contributed by atoms with Gasteiger partial charge < -0.3 is 0 Å². The van der Waals surface area contributed by atoms with E-state index in [1.165, 1.54) is 11.8 Å². The zero-order valence-corrected chi connectivity index (χ0v) is 7.67. The second-order valence-corrected chi connectivity index (χ2v) is 3.16. The molecule has 0 atom stereocenters. The average Bonchev–Trinajstić information content (AvgIpc) is 2.16. The maximum atomic E-state index is 10.5. The van der Waals surface area contributed by atoms with Crippen LogP contribution in [0, 0.1) is 0 Å². The molecule has 0 aliphatic rings. The predicted molar refractivity (Wildman–Crippen MR) is 54.0 cm³/mol. The molecule has 0 radical (unpaired) electrons. The molecule has 0 N–H and O–H groups in total. The summed E-state index contributed by atoms with van der Waals surface area (Å²) >= 11 is 1.46. The highest BCUT2D eigenvalue weighted by molar-refractivity contribution is 8.03. The zero-order valence-electron chi connectivity index (χ0n) is 6.86. The molecule has 0 aliphatic carbocycles. The molecule has 2 heteroatoms. The highest BCUT2D eigenvalue weighted by atomic mass is 32.2. The quantitative estimate of drug-likeness (QED) is 0.522. The Labute approximate surface area is 76.5 Å². The molecular weight excluding hydrogens is 168 g/mol. The molecule has 62 valence electrons. The monoisotopic (exact) mass is 178 g/mol. The molecule has 0 unspecified atom stereocenters. The van der Waals surface area contributed by atoms with Crippen LogP contribution < -0.4 is 0 Å². The van der Waals surface area contributed by atoms with Gasteiger partial charge in [0.2, 0.25) is 0 Å². The predicted octanol–water partition coefficient (Wildman–Crippen LogP) is 2.59. The van der Waals surface area contributed by atoms with Gasteiger partial charge in [0.25, 0.3) is 0 Å². The van der Waals surface area contributed by atoms with E-state index < -0.39 is 0 Å². The number of aldehydes is 1. The fraction of sp³-hybridized carbons (Fsp3) is 0.100. The summed E-state index contributed by atoms with van der Waals surface area (Å²) in [6.07, 6.45) is 4.64. The Morgan fingerprint density at radius 3 is 2.50 bits per heavy atom. The van der Waals surface area contributed by atoms with Gasteiger partial charge in [-0.1, -0.05) is 30.3 Å². The van der Waals surface area contributed by atoms with Crippen LogP contribution in [0.15, 0.2) is 35.2 Å². The van der Waals surface area contributed by atoms with Gasteiger partial charge in [-0.2, -0.15) is 0 Å². The zero-order chi connectivity index (χ0) is 8.81. The number of benzene rings is 1. The van der Waals surface area contributed by atoms with Crippen LogP contribution in [0.3, 0.4) is 0 Å². The lowest BCUT2D eigenvalue weighted by molar-refractivity contribution is -0.104. The SMILES string of the molecule is CS/C(C=O)=C\c1ccccc1. The summed E-state index contributed by atoms with van der Waals surface area (Å²) in [5, 5.41) is 0. The van der Waals surface area contributed by atoms with Gasteiger partial charge in [0.05, 0.1) is 0 Å². The fourth-order valence-corrected chi connectivity index (χ4v) is 1.20. The van der Waals surface area contributed by atoms with Crippen molar-refractivity contribution in [2.24, 2.45) is 0 Å². The second kappa shape index (κ2) is 4.78. The molecule has 0 spiro atoms. The van der Waals surface area contributed by atoms with Crippen LogP contribution >= 0.6 is 11.8 Å². The first kappa shape index (κ1) is 9.07. The minimum Gasteiger partial charge on any atom is -0.297 e. The second-order valence-electron chi connectivity index (χ2n) is 2.28. The van der Waals surface area contributed by atoms with E-state index in [0.29, 0.717) is 0 Å². The molecular formula is C10H10OS. The molecule has 1 aromatic rings. The molecule has 0 bridgehead atoms. The summed E-state index contributed by atoms with van der Waals surface area (Å²) in [7, 11) is 0. The normalized spacial score (nSPS) is 11.2. The van der Waals surface area contributed by atoms with Gasteiger partial charge in [-0.15, -0.1) is 11.8 Å². The van der Waals surface area contributed by atoms with E-state index in [0.717, 1.165) is 16.8 Å². The lowest BCUT2D eigenvalue weighted by Crippen LogP contribution is -1.77. The Bertz CT molecular complexity index is 277. The number of carbonyl (C=O) groups excluding carboxylic acids is 1. The minimum absolute atomic E-state index is 0.751. The molecule has 12 heavy (non-hydrogen) atoms. The summed E-state index contributed by atoms with van der Waals surface area (Å²) in [5.74, 6) is 0. The van der Waals surface area contributed by atoms with Crippen molar-refractivity contribution in [3.05, 3.63) is 40.8 Å². The van der Waals surface area contributed by atoms with E-state index in [1.807, 2.05) is 42.7 Å². The van der Waals surface area contributed by atoms with Gasteiger partial charge in [0.15, 0.2) is 6.29 Å². The molecule has 0 saturated carbocycles. The molecule has 0 aliphatic heterocycles. The smallest absolute Gasteiger partial charge is 0.156 e. The molecule has 0 amide bonds.